The van der Waals surface area contributed by atoms with Crippen LogP contribution >= 0.6 is 22.9 Å². The second-order valence-electron chi connectivity index (χ2n) is 7.01. The van der Waals surface area contributed by atoms with Crippen LogP contribution in [0.25, 0.3) is 10.7 Å². The van der Waals surface area contributed by atoms with E-state index >= 15 is 0 Å². The highest BCUT2D eigenvalue weighted by molar-refractivity contribution is 7.91. The molecule has 2 aliphatic carbocycles. The fourth-order valence-corrected chi connectivity index (χ4v) is 5.47. The zero-order chi connectivity index (χ0) is 19.3. The molecule has 0 spiro atoms. The fraction of sp³-hybridized carbons (Fsp3) is 0.353. The van der Waals surface area contributed by atoms with Crippen LogP contribution in [0.3, 0.4) is 0 Å². The molecule has 11 heteroatoms. The van der Waals surface area contributed by atoms with Crippen molar-refractivity contribution in [3.63, 3.8) is 0 Å². The van der Waals surface area contributed by atoms with Crippen molar-refractivity contribution >= 4 is 44.6 Å². The Hall–Kier alpha value is -2.01. The third-order valence-electron chi connectivity index (χ3n) is 4.57. The minimum absolute atomic E-state index is 0.0625. The zero-order valence-corrected chi connectivity index (χ0v) is 17.0. The topological polar surface area (TPSA) is 113 Å². The van der Waals surface area contributed by atoms with Gasteiger partial charge < -0.3 is 5.32 Å². The third kappa shape index (κ3) is 3.77. The van der Waals surface area contributed by atoms with E-state index < -0.39 is 10.0 Å². The third-order valence-corrected chi connectivity index (χ3v) is 7.94. The number of nitrogens with zero attached hydrogens (tertiary/aromatic N) is 3. The number of halogens is 1. The highest BCUT2D eigenvalue weighted by Gasteiger charge is 2.29. The normalized spacial score (nSPS) is 17.0. The molecule has 28 heavy (non-hydrogen) atoms. The SMILES string of the molecule is O=S(=O)(NC1CC1)c1ccc(-c2ncc(Cl)c(Nc3cc(C4CC4)[nH]n3)n2)s1. The van der Waals surface area contributed by atoms with Crippen LogP contribution in [0.5, 0.6) is 0 Å². The van der Waals surface area contributed by atoms with Gasteiger partial charge in [0, 0.05) is 23.7 Å². The van der Waals surface area contributed by atoms with Gasteiger partial charge in [-0.25, -0.2) is 23.1 Å². The molecule has 3 N–H and O–H groups in total. The van der Waals surface area contributed by atoms with Gasteiger partial charge >= 0.3 is 0 Å². The number of aromatic nitrogens is 4. The largest absolute Gasteiger partial charge is 0.322 e. The molecule has 0 amide bonds. The van der Waals surface area contributed by atoms with Crippen LogP contribution in [0.15, 0.2) is 28.6 Å². The summed E-state index contributed by atoms with van der Waals surface area (Å²) >= 11 is 7.36. The first-order valence-corrected chi connectivity index (χ1v) is 11.6. The lowest BCUT2D eigenvalue weighted by atomic mass is 10.3. The number of aromatic amines is 1. The van der Waals surface area contributed by atoms with Crippen LogP contribution in [0.4, 0.5) is 11.6 Å². The van der Waals surface area contributed by atoms with E-state index in [1.807, 2.05) is 6.07 Å². The Balaban J connectivity index is 1.39. The summed E-state index contributed by atoms with van der Waals surface area (Å²) < 4.78 is 27.7. The molecule has 2 fully saturated rings. The molecule has 0 bridgehead atoms. The van der Waals surface area contributed by atoms with E-state index in [9.17, 15) is 8.42 Å². The van der Waals surface area contributed by atoms with Gasteiger partial charge in [0.1, 0.15) is 9.23 Å². The lowest BCUT2D eigenvalue weighted by Gasteiger charge is -2.06. The summed E-state index contributed by atoms with van der Waals surface area (Å²) in [5.41, 5.74) is 1.10. The minimum Gasteiger partial charge on any atom is -0.322 e. The molecule has 0 aliphatic heterocycles. The molecule has 5 rings (SSSR count). The van der Waals surface area contributed by atoms with Crippen LogP contribution < -0.4 is 10.0 Å². The number of anilines is 2. The monoisotopic (exact) mass is 436 g/mol. The van der Waals surface area contributed by atoms with Gasteiger partial charge in [-0.05, 0) is 37.8 Å². The smallest absolute Gasteiger partial charge is 0.250 e. The average molecular weight is 437 g/mol. The maximum Gasteiger partial charge on any atom is 0.250 e. The molecule has 0 aromatic carbocycles. The van der Waals surface area contributed by atoms with Crippen molar-refractivity contribution in [2.75, 3.05) is 5.32 Å². The van der Waals surface area contributed by atoms with Crippen LogP contribution in [0.2, 0.25) is 5.02 Å². The number of rotatable bonds is 7. The van der Waals surface area contributed by atoms with Crippen molar-refractivity contribution < 1.29 is 8.42 Å². The molecule has 3 heterocycles. The number of thiophene rings is 1. The maximum absolute atomic E-state index is 12.4. The summed E-state index contributed by atoms with van der Waals surface area (Å²) in [6.45, 7) is 0. The number of hydrogen-bond acceptors (Lipinski definition) is 7. The lowest BCUT2D eigenvalue weighted by Crippen LogP contribution is -2.24. The van der Waals surface area contributed by atoms with Crippen molar-refractivity contribution in [3.8, 4) is 10.7 Å². The number of H-pyrrole nitrogens is 1. The molecule has 2 saturated carbocycles. The molecule has 0 atom stereocenters. The molecular formula is C17H17ClN6O2S2. The minimum atomic E-state index is -3.49. The van der Waals surface area contributed by atoms with E-state index in [0.717, 1.165) is 29.9 Å². The van der Waals surface area contributed by atoms with Gasteiger partial charge in [-0.3, -0.25) is 5.10 Å². The Kier molecular flexibility index (Phi) is 4.38. The quantitative estimate of drug-likeness (QED) is 0.521. The highest BCUT2D eigenvalue weighted by atomic mass is 35.5. The molecule has 2 aliphatic rings. The van der Waals surface area contributed by atoms with Gasteiger partial charge in [0.15, 0.2) is 17.5 Å². The number of nitrogens with one attached hydrogen (secondary N) is 3. The molecule has 146 valence electrons. The lowest BCUT2D eigenvalue weighted by molar-refractivity contribution is 0.583. The van der Waals surface area contributed by atoms with Crippen LogP contribution in [-0.2, 0) is 10.0 Å². The summed E-state index contributed by atoms with van der Waals surface area (Å²) in [7, 11) is -3.49. The Bertz CT molecular complexity index is 1130. The summed E-state index contributed by atoms with van der Waals surface area (Å²) in [6, 6.07) is 5.30. The van der Waals surface area contributed by atoms with E-state index in [4.69, 9.17) is 11.6 Å². The Labute approximate surface area is 170 Å². The fourth-order valence-electron chi connectivity index (χ4n) is 2.76. The summed E-state index contributed by atoms with van der Waals surface area (Å²) in [5, 5.41) is 10.7. The molecule has 0 unspecified atom stereocenters. The first kappa shape index (κ1) is 18.0. The molecule has 8 nitrogen and oxygen atoms in total. The maximum atomic E-state index is 12.4. The van der Waals surface area contributed by atoms with Gasteiger partial charge in [0.05, 0.1) is 11.1 Å². The van der Waals surface area contributed by atoms with Gasteiger partial charge in [-0.2, -0.15) is 5.10 Å². The highest BCUT2D eigenvalue weighted by Crippen LogP contribution is 2.40. The predicted molar refractivity (Wildman–Crippen MR) is 108 cm³/mol. The van der Waals surface area contributed by atoms with E-state index in [2.05, 4.69) is 30.2 Å². The number of hydrogen-bond donors (Lipinski definition) is 3. The van der Waals surface area contributed by atoms with Crippen LogP contribution in [0, 0.1) is 0 Å². The summed E-state index contributed by atoms with van der Waals surface area (Å²) in [5.74, 6) is 2.03. The van der Waals surface area contributed by atoms with E-state index in [0.29, 0.717) is 33.3 Å². The second-order valence-corrected chi connectivity index (χ2v) is 10.4. The first-order chi connectivity index (χ1) is 13.5. The summed E-state index contributed by atoms with van der Waals surface area (Å²) in [4.78, 5) is 9.36. The zero-order valence-electron chi connectivity index (χ0n) is 14.6. The van der Waals surface area contributed by atoms with Crippen molar-refractivity contribution in [2.24, 2.45) is 0 Å². The molecular weight excluding hydrogens is 420 g/mol. The van der Waals surface area contributed by atoms with Crippen LogP contribution in [0.1, 0.15) is 37.3 Å². The van der Waals surface area contributed by atoms with Crippen molar-refractivity contribution in [3.05, 3.63) is 35.1 Å². The van der Waals surface area contributed by atoms with Crippen molar-refractivity contribution in [1.29, 1.82) is 0 Å². The van der Waals surface area contributed by atoms with Crippen LogP contribution in [-0.4, -0.2) is 34.6 Å². The molecule has 3 aromatic rings. The average Bonchev–Trinajstić information content (AvgIpc) is 3.57. The van der Waals surface area contributed by atoms with Gasteiger partial charge in [0.2, 0.25) is 10.0 Å². The van der Waals surface area contributed by atoms with Crippen molar-refractivity contribution in [1.82, 2.24) is 24.9 Å². The molecule has 0 saturated heterocycles. The van der Waals surface area contributed by atoms with Gasteiger partial charge in [-0.1, -0.05) is 11.6 Å². The van der Waals surface area contributed by atoms with E-state index in [1.165, 1.54) is 19.0 Å². The Morgan fingerprint density at radius 1 is 1.21 bits per heavy atom. The standard InChI is InChI=1S/C17H17ClN6O2S2/c18-11-8-19-17(13-5-6-15(27-13)28(25,26)24-10-3-4-10)21-16(11)20-14-7-12(22-23-14)9-1-2-9/h5-10,24H,1-4H2,(H2,19,20,21,22,23). The Morgan fingerprint density at radius 3 is 2.79 bits per heavy atom. The predicted octanol–water partition coefficient (Wildman–Crippen LogP) is 3.64. The van der Waals surface area contributed by atoms with Gasteiger partial charge in [0.25, 0.3) is 0 Å². The molecule has 3 aromatic heterocycles. The van der Waals surface area contributed by atoms with Gasteiger partial charge in [-0.15, -0.1) is 11.3 Å². The van der Waals surface area contributed by atoms with E-state index in [1.54, 1.807) is 12.1 Å². The molecule has 0 radical (unpaired) electrons. The first-order valence-electron chi connectivity index (χ1n) is 8.95. The number of sulfonamides is 1. The Morgan fingerprint density at radius 2 is 2.04 bits per heavy atom. The van der Waals surface area contributed by atoms with E-state index in [-0.39, 0.29) is 10.3 Å². The summed E-state index contributed by atoms with van der Waals surface area (Å²) in [6.07, 6.45) is 5.64. The second kappa shape index (κ2) is 6.80. The van der Waals surface area contributed by atoms with Crippen molar-refractivity contribution in [2.45, 2.75) is 41.9 Å².